The Morgan fingerprint density at radius 3 is 2.81 bits per heavy atom. The lowest BCUT2D eigenvalue weighted by atomic mass is 9.92. The van der Waals surface area contributed by atoms with Crippen LogP contribution in [0.3, 0.4) is 0 Å². The fraction of sp³-hybridized carbons (Fsp3) is 0.346. The maximum atomic E-state index is 15.4. The molecule has 5 rings (SSSR count). The van der Waals surface area contributed by atoms with E-state index in [-0.39, 0.29) is 22.1 Å². The van der Waals surface area contributed by atoms with Crippen molar-refractivity contribution in [3.8, 4) is 11.4 Å². The van der Waals surface area contributed by atoms with Crippen LogP contribution in [0, 0.1) is 5.92 Å². The van der Waals surface area contributed by atoms with E-state index in [2.05, 4.69) is 20.4 Å². The average Bonchev–Trinajstić information content (AvgIpc) is 3.28. The van der Waals surface area contributed by atoms with E-state index in [9.17, 15) is 4.79 Å². The van der Waals surface area contributed by atoms with Crippen LogP contribution < -0.4 is 16.6 Å². The molecular formula is C26H28ClFN8O. The van der Waals surface area contributed by atoms with E-state index in [1.807, 2.05) is 13.8 Å². The zero-order chi connectivity index (χ0) is 26.3. The van der Waals surface area contributed by atoms with Crippen LogP contribution >= 0.6 is 11.6 Å². The summed E-state index contributed by atoms with van der Waals surface area (Å²) >= 11 is 6.42. The second-order valence-electron chi connectivity index (χ2n) is 9.38. The number of nitrogens with zero attached hydrogens (tertiary/aromatic N) is 6. The number of alkyl halides is 1. The first-order valence-electron chi connectivity index (χ1n) is 12.2. The van der Waals surface area contributed by atoms with Gasteiger partial charge in [-0.3, -0.25) is 14.0 Å². The van der Waals surface area contributed by atoms with Crippen LogP contribution in [0.1, 0.15) is 45.0 Å². The molecule has 3 atom stereocenters. The first-order valence-corrected chi connectivity index (χ1v) is 12.6. The molecule has 3 heterocycles. The predicted molar refractivity (Wildman–Crippen MR) is 144 cm³/mol. The Balaban J connectivity index is 1.70. The molecule has 1 aliphatic rings. The van der Waals surface area contributed by atoms with Gasteiger partial charge in [-0.25, -0.2) is 19.3 Å². The smallest absolute Gasteiger partial charge is 0.267 e. The van der Waals surface area contributed by atoms with E-state index in [4.69, 9.17) is 22.3 Å². The first-order chi connectivity index (χ1) is 17.8. The maximum Gasteiger partial charge on any atom is 0.267 e. The lowest BCUT2D eigenvalue weighted by Crippen LogP contribution is -2.33. The van der Waals surface area contributed by atoms with Crippen LogP contribution in [0.15, 0.2) is 47.7 Å². The number of hydrogen-bond acceptors (Lipinski definition) is 7. The van der Waals surface area contributed by atoms with Gasteiger partial charge in [0, 0.05) is 13.2 Å². The topological polar surface area (TPSA) is 117 Å². The third-order valence-electron chi connectivity index (χ3n) is 6.64. The lowest BCUT2D eigenvalue weighted by Gasteiger charge is -2.28. The van der Waals surface area contributed by atoms with Crippen LogP contribution in [0.5, 0.6) is 0 Å². The number of allylic oxidation sites excluding steroid dienone is 2. The van der Waals surface area contributed by atoms with Gasteiger partial charge in [0.2, 0.25) is 0 Å². The number of nitrogens with one attached hydrogen (secondary N) is 1. The molecule has 11 heteroatoms. The Bertz CT molecular complexity index is 1560. The Morgan fingerprint density at radius 1 is 1.30 bits per heavy atom. The molecular weight excluding hydrogens is 495 g/mol. The van der Waals surface area contributed by atoms with Crippen molar-refractivity contribution in [3.63, 3.8) is 0 Å². The van der Waals surface area contributed by atoms with Gasteiger partial charge in [0.05, 0.1) is 38.9 Å². The molecule has 3 unspecified atom stereocenters. The minimum Gasteiger partial charge on any atom is -0.383 e. The number of benzene rings is 1. The summed E-state index contributed by atoms with van der Waals surface area (Å²) in [4.78, 5) is 27.3. The second kappa shape index (κ2) is 9.93. The van der Waals surface area contributed by atoms with Crippen molar-refractivity contribution in [1.82, 2.24) is 29.3 Å². The molecule has 0 saturated heterocycles. The number of aromatic nitrogens is 6. The van der Waals surface area contributed by atoms with E-state index >= 15 is 4.39 Å². The van der Waals surface area contributed by atoms with Gasteiger partial charge in [-0.2, -0.15) is 5.10 Å². The summed E-state index contributed by atoms with van der Waals surface area (Å²) < 4.78 is 18.4. The molecule has 0 amide bonds. The van der Waals surface area contributed by atoms with Crippen molar-refractivity contribution in [2.75, 3.05) is 11.1 Å². The monoisotopic (exact) mass is 522 g/mol. The fourth-order valence-electron chi connectivity index (χ4n) is 4.77. The van der Waals surface area contributed by atoms with Crippen LogP contribution in [-0.4, -0.2) is 35.5 Å². The molecule has 4 aromatic rings. The number of nitrogens with two attached hydrogens (primary N) is 1. The van der Waals surface area contributed by atoms with Crippen molar-refractivity contribution >= 4 is 39.7 Å². The van der Waals surface area contributed by atoms with Gasteiger partial charge in [0.25, 0.3) is 5.56 Å². The molecule has 0 fully saturated rings. The summed E-state index contributed by atoms with van der Waals surface area (Å²) in [5, 5.41) is 8.38. The Labute approximate surface area is 218 Å². The van der Waals surface area contributed by atoms with Gasteiger partial charge in [-0.15, -0.1) is 0 Å². The molecule has 0 spiro atoms. The quantitative estimate of drug-likeness (QED) is 0.366. The summed E-state index contributed by atoms with van der Waals surface area (Å²) in [6.07, 6.45) is 5.20. The number of hydrogen-bond donors (Lipinski definition) is 2. The summed E-state index contributed by atoms with van der Waals surface area (Å²) in [7, 11) is 1.76. The zero-order valence-corrected chi connectivity index (χ0v) is 21.6. The second-order valence-corrected chi connectivity index (χ2v) is 9.79. The Morgan fingerprint density at radius 2 is 2.11 bits per heavy atom. The highest BCUT2D eigenvalue weighted by Crippen LogP contribution is 2.35. The molecule has 192 valence electrons. The number of pyridine rings is 1. The normalized spacial score (nSPS) is 18.6. The zero-order valence-electron chi connectivity index (χ0n) is 20.8. The standard InChI is InChI=1S/C26H28ClFN8O/c1-4-17(32-19-10-11-30-23(29)22(19)24-31-13-35(3)34-24)25-33-18-7-5-6-15(27)21(18)26(37)36(25)20-9-8-14(2)12-16(20)28/h5-7,9-11,13-14,16-17H,4,8,12H2,1-3H3,(H3,29,30,32). The number of fused-ring (bicyclic) bond motifs is 1. The SMILES string of the molecule is CCC(Nc1ccnc(N)c1-c1ncn(C)n1)c1nc2cccc(Cl)c2c(=O)n1C1=CCC(C)CC1F. The van der Waals surface area contributed by atoms with Gasteiger partial charge in [-0.05, 0) is 43.4 Å². The summed E-state index contributed by atoms with van der Waals surface area (Å²) in [6.45, 7) is 3.96. The molecule has 0 aliphatic heterocycles. The van der Waals surface area contributed by atoms with E-state index in [0.29, 0.717) is 53.4 Å². The van der Waals surface area contributed by atoms with Gasteiger partial charge in [0.1, 0.15) is 24.1 Å². The molecule has 0 saturated carbocycles. The average molecular weight is 523 g/mol. The Kier molecular flexibility index (Phi) is 6.68. The van der Waals surface area contributed by atoms with Crippen LogP contribution in [0.2, 0.25) is 5.02 Å². The highest BCUT2D eigenvalue weighted by Gasteiger charge is 2.29. The number of rotatable bonds is 6. The third-order valence-corrected chi connectivity index (χ3v) is 6.96. The molecule has 9 nitrogen and oxygen atoms in total. The Hall–Kier alpha value is -3.79. The first kappa shape index (κ1) is 24.9. The van der Waals surface area contributed by atoms with Crippen molar-refractivity contribution in [3.05, 3.63) is 64.1 Å². The van der Waals surface area contributed by atoms with Gasteiger partial charge >= 0.3 is 0 Å². The minimum atomic E-state index is -1.30. The van der Waals surface area contributed by atoms with Gasteiger partial charge in [-0.1, -0.05) is 37.6 Å². The van der Waals surface area contributed by atoms with E-state index in [0.717, 1.165) is 0 Å². The predicted octanol–water partition coefficient (Wildman–Crippen LogP) is 4.99. The number of anilines is 2. The van der Waals surface area contributed by atoms with Crippen molar-refractivity contribution < 1.29 is 4.39 Å². The van der Waals surface area contributed by atoms with Crippen molar-refractivity contribution in [2.45, 2.75) is 45.3 Å². The van der Waals surface area contributed by atoms with Crippen LogP contribution in [0.25, 0.3) is 28.0 Å². The largest absolute Gasteiger partial charge is 0.383 e. The minimum absolute atomic E-state index is 0.184. The maximum absolute atomic E-state index is 15.4. The van der Waals surface area contributed by atoms with Gasteiger partial charge < -0.3 is 11.1 Å². The summed E-state index contributed by atoms with van der Waals surface area (Å²) in [5.41, 5.74) is 7.74. The number of halogens is 2. The van der Waals surface area contributed by atoms with Crippen LogP contribution in [-0.2, 0) is 7.05 Å². The van der Waals surface area contributed by atoms with E-state index in [1.54, 1.807) is 54.6 Å². The van der Waals surface area contributed by atoms with Crippen molar-refractivity contribution in [2.24, 2.45) is 13.0 Å². The number of nitrogen functional groups attached to an aromatic ring is 1. The highest BCUT2D eigenvalue weighted by molar-refractivity contribution is 6.35. The van der Waals surface area contributed by atoms with E-state index in [1.165, 1.54) is 4.57 Å². The van der Waals surface area contributed by atoms with Gasteiger partial charge in [0.15, 0.2) is 5.82 Å². The molecule has 1 aliphatic carbocycles. The van der Waals surface area contributed by atoms with E-state index < -0.39 is 17.8 Å². The fourth-order valence-corrected chi connectivity index (χ4v) is 5.02. The molecule has 0 radical (unpaired) electrons. The highest BCUT2D eigenvalue weighted by atomic mass is 35.5. The summed E-state index contributed by atoms with van der Waals surface area (Å²) in [6, 6.07) is 6.41. The lowest BCUT2D eigenvalue weighted by molar-refractivity contribution is 0.316. The summed E-state index contributed by atoms with van der Waals surface area (Å²) in [5.74, 6) is 1.24. The number of aryl methyl sites for hydroxylation is 1. The third kappa shape index (κ3) is 4.57. The molecule has 3 aromatic heterocycles. The molecule has 3 N–H and O–H groups in total. The van der Waals surface area contributed by atoms with Crippen LogP contribution in [0.4, 0.5) is 15.9 Å². The molecule has 0 bridgehead atoms. The molecule has 1 aromatic carbocycles. The molecule has 37 heavy (non-hydrogen) atoms. The van der Waals surface area contributed by atoms with Crippen molar-refractivity contribution in [1.29, 1.82) is 0 Å².